The largest absolute Gasteiger partial charge is 0.352 e. The Morgan fingerprint density at radius 1 is 1.11 bits per heavy atom. The van der Waals surface area contributed by atoms with E-state index in [4.69, 9.17) is 4.98 Å². The molecule has 5 heteroatoms. The molecule has 3 rings (SSSR count). The third-order valence-corrected chi connectivity index (χ3v) is 4.82. The molecule has 1 amide bonds. The molecule has 1 aromatic heterocycles. The Labute approximate surface area is 159 Å². The summed E-state index contributed by atoms with van der Waals surface area (Å²) in [6.45, 7) is 6.06. The monoisotopic (exact) mass is 363 g/mol. The van der Waals surface area contributed by atoms with E-state index in [0.717, 1.165) is 28.8 Å². The Bertz CT molecular complexity index is 957. The van der Waals surface area contributed by atoms with Crippen LogP contribution in [0, 0.1) is 6.92 Å². The highest BCUT2D eigenvalue weighted by atomic mass is 16.1. The van der Waals surface area contributed by atoms with Crippen LogP contribution in [-0.4, -0.2) is 27.8 Å². The van der Waals surface area contributed by atoms with Crippen molar-refractivity contribution in [1.82, 2.24) is 14.9 Å². The van der Waals surface area contributed by atoms with Gasteiger partial charge in [-0.3, -0.25) is 9.59 Å². The number of Topliss-reactive ketones (excluding diaryl/α,β-unsaturated/α-hetero) is 1. The Morgan fingerprint density at radius 3 is 2.52 bits per heavy atom. The van der Waals surface area contributed by atoms with Gasteiger partial charge >= 0.3 is 0 Å². The molecule has 0 saturated carbocycles. The first-order valence-corrected chi connectivity index (χ1v) is 9.28. The number of rotatable bonds is 7. The van der Waals surface area contributed by atoms with Crippen molar-refractivity contribution in [3.8, 4) is 0 Å². The second-order valence-electron chi connectivity index (χ2n) is 6.90. The predicted molar refractivity (Wildman–Crippen MR) is 107 cm³/mol. The van der Waals surface area contributed by atoms with Crippen molar-refractivity contribution in [2.24, 2.45) is 0 Å². The lowest BCUT2D eigenvalue weighted by Crippen LogP contribution is -2.25. The van der Waals surface area contributed by atoms with Crippen LogP contribution in [0.15, 0.2) is 48.5 Å². The molecule has 140 valence electrons. The highest BCUT2D eigenvalue weighted by molar-refractivity contribution is 5.94. The summed E-state index contributed by atoms with van der Waals surface area (Å²) in [5.41, 5.74) is 3.66. The predicted octanol–water partition coefficient (Wildman–Crippen LogP) is 3.86. The number of hydrogen-bond acceptors (Lipinski definition) is 3. The Hall–Kier alpha value is -2.95. The van der Waals surface area contributed by atoms with Crippen LogP contribution >= 0.6 is 0 Å². The SMILES string of the molecule is CC(=O)C(C)n1c(CCCNC(=O)c2ccc(C)cc2)nc2ccccc21. The average Bonchev–Trinajstić information content (AvgIpc) is 3.03. The minimum absolute atomic E-state index is 0.0689. The van der Waals surface area contributed by atoms with E-state index in [1.54, 1.807) is 6.92 Å². The molecular formula is C22H25N3O2. The molecule has 1 unspecified atom stereocenters. The molecule has 0 radical (unpaired) electrons. The number of nitrogens with one attached hydrogen (secondary N) is 1. The number of imidazole rings is 1. The number of hydrogen-bond donors (Lipinski definition) is 1. The van der Waals surface area contributed by atoms with Crippen molar-refractivity contribution in [1.29, 1.82) is 0 Å². The topological polar surface area (TPSA) is 64.0 Å². The molecule has 0 aliphatic carbocycles. The summed E-state index contributed by atoms with van der Waals surface area (Å²) in [5.74, 6) is 0.913. The molecular weight excluding hydrogens is 338 g/mol. The molecule has 0 aliphatic rings. The molecule has 27 heavy (non-hydrogen) atoms. The summed E-state index contributed by atoms with van der Waals surface area (Å²) in [6, 6.07) is 15.1. The third kappa shape index (κ3) is 4.25. The summed E-state index contributed by atoms with van der Waals surface area (Å²) >= 11 is 0. The normalized spacial score (nSPS) is 12.1. The van der Waals surface area contributed by atoms with E-state index >= 15 is 0 Å². The van der Waals surface area contributed by atoms with Crippen LogP contribution in [0.1, 0.15) is 48.1 Å². The zero-order valence-electron chi connectivity index (χ0n) is 16.0. The zero-order valence-corrected chi connectivity index (χ0v) is 16.0. The summed E-state index contributed by atoms with van der Waals surface area (Å²) < 4.78 is 2.01. The zero-order chi connectivity index (χ0) is 19.4. The average molecular weight is 363 g/mol. The minimum atomic E-state index is -0.255. The summed E-state index contributed by atoms with van der Waals surface area (Å²) in [6.07, 6.45) is 1.45. The van der Waals surface area contributed by atoms with Gasteiger partial charge in [-0.05, 0) is 51.5 Å². The van der Waals surface area contributed by atoms with Gasteiger partial charge in [-0.2, -0.15) is 0 Å². The Balaban J connectivity index is 1.66. The summed E-state index contributed by atoms with van der Waals surface area (Å²) in [4.78, 5) is 28.8. The number of fused-ring (bicyclic) bond motifs is 1. The van der Waals surface area contributed by atoms with E-state index in [2.05, 4.69) is 5.32 Å². The van der Waals surface area contributed by atoms with Gasteiger partial charge in [-0.1, -0.05) is 29.8 Å². The first kappa shape index (κ1) is 18.8. The minimum Gasteiger partial charge on any atom is -0.352 e. The fourth-order valence-corrected chi connectivity index (χ4v) is 3.14. The maximum atomic E-state index is 12.2. The lowest BCUT2D eigenvalue weighted by atomic mass is 10.1. The standard InChI is InChI=1S/C22H25N3O2/c1-15-10-12-18(13-11-15)22(27)23-14-6-9-21-24-19-7-4-5-8-20(19)25(21)16(2)17(3)26/h4-5,7-8,10-13,16H,6,9,14H2,1-3H3,(H,23,27). The number of benzene rings is 2. The highest BCUT2D eigenvalue weighted by Crippen LogP contribution is 2.22. The number of ketones is 1. The number of carbonyl (C=O) groups excluding carboxylic acids is 2. The van der Waals surface area contributed by atoms with Crippen LogP contribution in [0.3, 0.4) is 0 Å². The van der Waals surface area contributed by atoms with Crippen LogP contribution < -0.4 is 5.32 Å². The summed E-state index contributed by atoms with van der Waals surface area (Å²) in [5, 5.41) is 2.95. The second-order valence-corrected chi connectivity index (χ2v) is 6.90. The molecule has 0 spiro atoms. The first-order valence-electron chi connectivity index (χ1n) is 9.28. The quantitative estimate of drug-likeness (QED) is 0.648. The van der Waals surface area contributed by atoms with E-state index in [9.17, 15) is 9.59 Å². The van der Waals surface area contributed by atoms with Gasteiger partial charge in [0.15, 0.2) is 5.78 Å². The van der Waals surface area contributed by atoms with Crippen LogP contribution in [0.2, 0.25) is 0 Å². The molecule has 0 bridgehead atoms. The Morgan fingerprint density at radius 2 is 1.81 bits per heavy atom. The van der Waals surface area contributed by atoms with Crippen molar-refractivity contribution in [2.45, 2.75) is 39.7 Å². The van der Waals surface area contributed by atoms with E-state index in [1.807, 2.05) is 66.9 Å². The van der Waals surface area contributed by atoms with Gasteiger partial charge in [0.05, 0.1) is 17.1 Å². The molecule has 3 aromatic rings. The van der Waals surface area contributed by atoms with Crippen molar-refractivity contribution in [3.63, 3.8) is 0 Å². The van der Waals surface area contributed by atoms with Gasteiger partial charge in [0.2, 0.25) is 0 Å². The molecule has 1 atom stereocenters. The van der Waals surface area contributed by atoms with Gasteiger partial charge in [-0.15, -0.1) is 0 Å². The number of para-hydroxylation sites is 2. The van der Waals surface area contributed by atoms with Crippen LogP contribution in [0.5, 0.6) is 0 Å². The van der Waals surface area contributed by atoms with E-state index in [-0.39, 0.29) is 17.7 Å². The molecule has 0 saturated heterocycles. The molecule has 0 fully saturated rings. The molecule has 0 aliphatic heterocycles. The number of nitrogens with zero attached hydrogens (tertiary/aromatic N) is 2. The van der Waals surface area contributed by atoms with Crippen LogP contribution in [0.4, 0.5) is 0 Å². The molecule has 5 nitrogen and oxygen atoms in total. The van der Waals surface area contributed by atoms with Gasteiger partial charge in [0, 0.05) is 18.5 Å². The molecule has 1 N–H and O–H groups in total. The van der Waals surface area contributed by atoms with Gasteiger partial charge in [-0.25, -0.2) is 4.98 Å². The highest BCUT2D eigenvalue weighted by Gasteiger charge is 2.18. The van der Waals surface area contributed by atoms with E-state index < -0.39 is 0 Å². The van der Waals surface area contributed by atoms with Crippen molar-refractivity contribution < 1.29 is 9.59 Å². The maximum Gasteiger partial charge on any atom is 0.251 e. The number of aryl methyl sites for hydroxylation is 2. The van der Waals surface area contributed by atoms with Crippen molar-refractivity contribution in [2.75, 3.05) is 6.54 Å². The van der Waals surface area contributed by atoms with E-state index in [0.29, 0.717) is 18.5 Å². The number of aromatic nitrogens is 2. The van der Waals surface area contributed by atoms with E-state index in [1.165, 1.54) is 0 Å². The number of carbonyl (C=O) groups is 2. The van der Waals surface area contributed by atoms with Crippen LogP contribution in [-0.2, 0) is 11.2 Å². The van der Waals surface area contributed by atoms with Gasteiger partial charge in [0.25, 0.3) is 5.91 Å². The fourth-order valence-electron chi connectivity index (χ4n) is 3.14. The van der Waals surface area contributed by atoms with Gasteiger partial charge in [0.1, 0.15) is 5.82 Å². The summed E-state index contributed by atoms with van der Waals surface area (Å²) in [7, 11) is 0. The van der Waals surface area contributed by atoms with Gasteiger partial charge < -0.3 is 9.88 Å². The molecule has 1 heterocycles. The lowest BCUT2D eigenvalue weighted by Gasteiger charge is -2.15. The second kappa shape index (κ2) is 8.16. The molecule has 2 aromatic carbocycles. The first-order chi connectivity index (χ1) is 13.0. The lowest BCUT2D eigenvalue weighted by molar-refractivity contribution is -0.119. The Kier molecular flexibility index (Phi) is 5.69. The third-order valence-electron chi connectivity index (χ3n) is 4.82. The van der Waals surface area contributed by atoms with Crippen molar-refractivity contribution in [3.05, 3.63) is 65.5 Å². The fraction of sp³-hybridized carbons (Fsp3) is 0.318. The smallest absolute Gasteiger partial charge is 0.251 e. The van der Waals surface area contributed by atoms with Crippen molar-refractivity contribution >= 4 is 22.7 Å². The number of amides is 1. The van der Waals surface area contributed by atoms with Crippen LogP contribution in [0.25, 0.3) is 11.0 Å². The maximum absolute atomic E-state index is 12.2.